The highest BCUT2D eigenvalue weighted by atomic mass is 19.1. The fraction of sp³-hybridized carbons (Fsp3) is 0.462. The average molecular weight is 253 g/mol. The summed E-state index contributed by atoms with van der Waals surface area (Å²) >= 11 is 0. The lowest BCUT2D eigenvalue weighted by Gasteiger charge is -2.20. The van der Waals surface area contributed by atoms with Gasteiger partial charge in [0.25, 0.3) is 0 Å². The second kappa shape index (κ2) is 4.94. The molecule has 2 N–H and O–H groups in total. The van der Waals surface area contributed by atoms with Crippen LogP contribution < -0.4 is 10.5 Å². The molecule has 0 spiro atoms. The van der Waals surface area contributed by atoms with Crippen LogP contribution >= 0.6 is 0 Å². The van der Waals surface area contributed by atoms with Gasteiger partial charge in [0, 0.05) is 12.5 Å². The maximum absolute atomic E-state index is 13.0. The van der Waals surface area contributed by atoms with Gasteiger partial charge in [-0.15, -0.1) is 0 Å². The highest BCUT2D eigenvalue weighted by Gasteiger charge is 2.44. The van der Waals surface area contributed by atoms with Gasteiger partial charge in [0.1, 0.15) is 23.2 Å². The van der Waals surface area contributed by atoms with E-state index in [4.69, 9.17) is 10.5 Å². The Hall–Kier alpha value is -1.62. The number of halogens is 1. The number of esters is 1. The lowest BCUT2D eigenvalue weighted by atomic mass is 10.00. The molecule has 0 heterocycles. The van der Waals surface area contributed by atoms with Crippen LogP contribution in [0.15, 0.2) is 24.3 Å². The van der Waals surface area contributed by atoms with E-state index in [2.05, 4.69) is 4.74 Å². The van der Waals surface area contributed by atoms with E-state index in [1.54, 1.807) is 12.1 Å². The topological polar surface area (TPSA) is 61.5 Å². The molecule has 18 heavy (non-hydrogen) atoms. The summed E-state index contributed by atoms with van der Waals surface area (Å²) in [5.74, 6) is -0.320. The molecule has 0 saturated heterocycles. The molecule has 98 valence electrons. The zero-order valence-corrected chi connectivity index (χ0v) is 10.2. The van der Waals surface area contributed by atoms with Crippen LogP contribution in [0.4, 0.5) is 4.39 Å². The maximum atomic E-state index is 13.0. The van der Waals surface area contributed by atoms with Crippen molar-refractivity contribution in [3.05, 3.63) is 30.1 Å². The normalized spacial score (nSPS) is 26.9. The zero-order valence-electron chi connectivity index (χ0n) is 10.2. The lowest BCUT2D eigenvalue weighted by molar-refractivity contribution is -0.147. The predicted molar refractivity (Wildman–Crippen MR) is 63.6 cm³/mol. The molecule has 1 aromatic rings. The summed E-state index contributed by atoms with van der Waals surface area (Å²) in [5, 5.41) is 0. The number of nitrogens with two attached hydrogens (primary N) is 1. The summed E-state index contributed by atoms with van der Waals surface area (Å²) < 4.78 is 23.3. The van der Waals surface area contributed by atoms with E-state index in [9.17, 15) is 9.18 Å². The Kier molecular flexibility index (Phi) is 3.52. The van der Waals surface area contributed by atoms with Crippen molar-refractivity contribution in [1.29, 1.82) is 0 Å². The fourth-order valence-electron chi connectivity index (χ4n) is 2.25. The molecule has 2 rings (SSSR count). The fourth-order valence-corrected chi connectivity index (χ4v) is 2.25. The molecule has 1 fully saturated rings. The second-order valence-electron chi connectivity index (χ2n) is 4.59. The van der Waals surface area contributed by atoms with Crippen LogP contribution in [0.1, 0.15) is 19.3 Å². The van der Waals surface area contributed by atoms with Crippen LogP contribution in [0.25, 0.3) is 0 Å². The van der Waals surface area contributed by atoms with Crippen LogP contribution in [-0.4, -0.2) is 24.7 Å². The number of benzene rings is 1. The minimum Gasteiger partial charge on any atom is -0.490 e. The van der Waals surface area contributed by atoms with E-state index in [0.717, 1.165) is 0 Å². The summed E-state index contributed by atoms with van der Waals surface area (Å²) in [4.78, 5) is 11.5. The number of rotatable bonds is 3. The summed E-state index contributed by atoms with van der Waals surface area (Å²) in [7, 11) is 1.32. The van der Waals surface area contributed by atoms with Gasteiger partial charge in [-0.2, -0.15) is 0 Å². The Balaban J connectivity index is 2.00. The van der Waals surface area contributed by atoms with Crippen molar-refractivity contribution in [3.63, 3.8) is 0 Å². The molecule has 1 aliphatic carbocycles. The van der Waals surface area contributed by atoms with E-state index in [-0.39, 0.29) is 11.9 Å². The summed E-state index contributed by atoms with van der Waals surface area (Å²) in [6.45, 7) is 0. The average Bonchev–Trinajstić information content (AvgIpc) is 2.71. The molecule has 0 radical (unpaired) electrons. The van der Waals surface area contributed by atoms with Crippen LogP contribution in [-0.2, 0) is 9.53 Å². The Morgan fingerprint density at radius 1 is 1.56 bits per heavy atom. The van der Waals surface area contributed by atoms with Gasteiger partial charge in [0.15, 0.2) is 0 Å². The van der Waals surface area contributed by atoms with Crippen molar-refractivity contribution in [3.8, 4) is 5.75 Å². The summed E-state index contributed by atoms with van der Waals surface area (Å²) in [6, 6.07) is 5.92. The molecule has 2 atom stereocenters. The molecule has 0 amide bonds. The highest BCUT2D eigenvalue weighted by Crippen LogP contribution is 2.31. The third-order valence-electron chi connectivity index (χ3n) is 3.20. The van der Waals surface area contributed by atoms with Crippen molar-refractivity contribution in [2.75, 3.05) is 7.11 Å². The molecule has 0 aliphatic heterocycles. The number of hydrogen-bond acceptors (Lipinski definition) is 4. The quantitative estimate of drug-likeness (QED) is 0.832. The van der Waals surface area contributed by atoms with E-state index >= 15 is 0 Å². The minimum absolute atomic E-state index is 0.184. The van der Waals surface area contributed by atoms with Crippen LogP contribution in [0.5, 0.6) is 5.75 Å². The Morgan fingerprint density at radius 2 is 2.33 bits per heavy atom. The molecule has 1 aromatic carbocycles. The third kappa shape index (κ3) is 2.61. The molecule has 5 heteroatoms. The van der Waals surface area contributed by atoms with Gasteiger partial charge >= 0.3 is 5.97 Å². The minimum atomic E-state index is -0.979. The molecule has 0 bridgehead atoms. The van der Waals surface area contributed by atoms with E-state index in [1.807, 2.05) is 0 Å². The Labute approximate surface area is 105 Å². The van der Waals surface area contributed by atoms with E-state index in [0.29, 0.717) is 25.0 Å². The standard InChI is InChI=1S/C13H16FNO3/c1-17-12(16)13(15)6-5-11(8-13)18-10-4-2-3-9(14)7-10/h2-4,7,11H,5-6,8,15H2,1H3. The molecule has 1 saturated carbocycles. The van der Waals surface area contributed by atoms with E-state index < -0.39 is 11.5 Å². The third-order valence-corrected chi connectivity index (χ3v) is 3.20. The van der Waals surface area contributed by atoms with Gasteiger partial charge < -0.3 is 15.2 Å². The van der Waals surface area contributed by atoms with Gasteiger partial charge in [-0.1, -0.05) is 6.07 Å². The van der Waals surface area contributed by atoms with Gasteiger partial charge in [0.2, 0.25) is 0 Å². The maximum Gasteiger partial charge on any atom is 0.325 e. The first-order chi connectivity index (χ1) is 8.53. The van der Waals surface area contributed by atoms with Crippen molar-refractivity contribution >= 4 is 5.97 Å². The number of carbonyl (C=O) groups excluding carboxylic acids is 1. The van der Waals surface area contributed by atoms with Crippen LogP contribution in [0.2, 0.25) is 0 Å². The highest BCUT2D eigenvalue weighted by molar-refractivity contribution is 5.80. The van der Waals surface area contributed by atoms with Gasteiger partial charge in [-0.25, -0.2) is 4.39 Å². The van der Waals surface area contributed by atoms with E-state index in [1.165, 1.54) is 19.2 Å². The van der Waals surface area contributed by atoms with Crippen molar-refractivity contribution in [1.82, 2.24) is 0 Å². The molecule has 4 nitrogen and oxygen atoms in total. The number of methoxy groups -OCH3 is 1. The summed E-state index contributed by atoms with van der Waals surface area (Å²) in [6.07, 6.45) is 1.37. The van der Waals surface area contributed by atoms with Crippen LogP contribution in [0, 0.1) is 5.82 Å². The number of hydrogen-bond donors (Lipinski definition) is 1. The van der Waals surface area contributed by atoms with Crippen molar-refractivity contribution < 1.29 is 18.7 Å². The van der Waals surface area contributed by atoms with Gasteiger partial charge in [-0.3, -0.25) is 4.79 Å². The van der Waals surface area contributed by atoms with Crippen molar-refractivity contribution in [2.24, 2.45) is 5.73 Å². The first kappa shape index (κ1) is 12.8. The second-order valence-corrected chi connectivity index (χ2v) is 4.59. The van der Waals surface area contributed by atoms with Gasteiger partial charge in [0.05, 0.1) is 7.11 Å². The molecule has 1 aliphatic rings. The summed E-state index contributed by atoms with van der Waals surface area (Å²) in [5.41, 5.74) is 4.98. The Morgan fingerprint density at radius 3 is 3.00 bits per heavy atom. The first-order valence-electron chi connectivity index (χ1n) is 5.83. The molecule has 0 aromatic heterocycles. The zero-order chi connectivity index (χ0) is 13.2. The monoisotopic (exact) mass is 253 g/mol. The smallest absolute Gasteiger partial charge is 0.325 e. The molecular formula is C13H16FNO3. The molecular weight excluding hydrogens is 237 g/mol. The number of carbonyl (C=O) groups is 1. The number of ether oxygens (including phenoxy) is 2. The van der Waals surface area contributed by atoms with Crippen LogP contribution in [0.3, 0.4) is 0 Å². The SMILES string of the molecule is COC(=O)C1(N)CCC(Oc2cccc(F)c2)C1. The van der Waals surface area contributed by atoms with Crippen molar-refractivity contribution in [2.45, 2.75) is 30.9 Å². The largest absolute Gasteiger partial charge is 0.490 e. The molecule has 2 unspecified atom stereocenters. The lowest BCUT2D eigenvalue weighted by Crippen LogP contribution is -2.47. The first-order valence-corrected chi connectivity index (χ1v) is 5.83. The predicted octanol–water partition coefficient (Wildman–Crippen LogP) is 1.63. The van der Waals surface area contributed by atoms with Gasteiger partial charge in [-0.05, 0) is 25.0 Å². The Bertz CT molecular complexity index is 452.